The number of hydrogen-bond donors (Lipinski definition) is 1. The maximum Gasteiger partial charge on any atom is 0.419 e. The number of hydrogen-bond acceptors (Lipinski definition) is 4. The SMILES string of the molecule is COc1ccc(-c2cccc(NS(=O)(=O)c3ccc(F)c(C(F)(F)F)c3)c2)cc1OC. The molecule has 0 radical (unpaired) electrons. The van der Waals surface area contributed by atoms with Crippen molar-refractivity contribution in [1.29, 1.82) is 0 Å². The lowest BCUT2D eigenvalue weighted by atomic mass is 10.0. The minimum absolute atomic E-state index is 0.116. The molecule has 0 aliphatic heterocycles. The zero-order valence-corrected chi connectivity index (χ0v) is 17.1. The molecule has 31 heavy (non-hydrogen) atoms. The van der Waals surface area contributed by atoms with E-state index in [1.165, 1.54) is 26.4 Å². The molecule has 3 rings (SSSR count). The van der Waals surface area contributed by atoms with E-state index in [1.54, 1.807) is 30.3 Å². The summed E-state index contributed by atoms with van der Waals surface area (Å²) in [4.78, 5) is -0.710. The van der Waals surface area contributed by atoms with Crippen molar-refractivity contribution in [2.75, 3.05) is 18.9 Å². The van der Waals surface area contributed by atoms with E-state index in [9.17, 15) is 26.0 Å². The second-order valence-electron chi connectivity index (χ2n) is 6.40. The fraction of sp³-hybridized carbons (Fsp3) is 0.143. The van der Waals surface area contributed by atoms with Crippen molar-refractivity contribution in [2.45, 2.75) is 11.1 Å². The Kier molecular flexibility index (Phi) is 6.12. The van der Waals surface area contributed by atoms with Gasteiger partial charge in [0.05, 0.1) is 24.7 Å². The number of ether oxygens (including phenoxy) is 2. The third-order valence-corrected chi connectivity index (χ3v) is 5.76. The van der Waals surface area contributed by atoms with E-state index in [0.717, 1.165) is 6.07 Å². The van der Waals surface area contributed by atoms with Gasteiger partial charge in [-0.15, -0.1) is 0 Å². The molecule has 0 spiro atoms. The summed E-state index contributed by atoms with van der Waals surface area (Å²) in [5.74, 6) is -0.571. The highest BCUT2D eigenvalue weighted by Crippen LogP contribution is 2.35. The topological polar surface area (TPSA) is 64.6 Å². The Morgan fingerprint density at radius 3 is 2.16 bits per heavy atom. The number of methoxy groups -OCH3 is 2. The molecule has 0 saturated carbocycles. The molecule has 0 heterocycles. The molecule has 3 aromatic carbocycles. The number of rotatable bonds is 6. The number of alkyl halides is 3. The first-order chi connectivity index (χ1) is 14.5. The molecule has 0 aliphatic rings. The largest absolute Gasteiger partial charge is 0.493 e. The standard InChI is InChI=1S/C21H17F4NO4S/c1-29-19-9-6-14(11-20(19)30-2)13-4-3-5-15(10-13)26-31(27,28)16-7-8-18(22)17(12-16)21(23,24)25/h3-12,26H,1-2H3. The second kappa shape index (κ2) is 8.46. The Morgan fingerprint density at radius 1 is 0.839 bits per heavy atom. The van der Waals surface area contributed by atoms with Crippen LogP contribution in [0.2, 0.25) is 0 Å². The van der Waals surface area contributed by atoms with Crippen molar-refractivity contribution < 1.29 is 35.5 Å². The average Bonchev–Trinajstić information content (AvgIpc) is 2.72. The van der Waals surface area contributed by atoms with Crippen molar-refractivity contribution in [3.63, 3.8) is 0 Å². The molecule has 164 valence electrons. The maximum absolute atomic E-state index is 13.5. The van der Waals surface area contributed by atoms with Crippen LogP contribution in [0, 0.1) is 5.82 Å². The Hall–Kier alpha value is -3.27. The Bertz CT molecular complexity index is 1210. The summed E-state index contributed by atoms with van der Waals surface area (Å²) in [6.45, 7) is 0. The summed E-state index contributed by atoms with van der Waals surface area (Å²) in [5, 5.41) is 0. The molecule has 0 unspecified atom stereocenters. The lowest BCUT2D eigenvalue weighted by molar-refractivity contribution is -0.140. The Labute approximate surface area is 176 Å². The lowest BCUT2D eigenvalue weighted by Gasteiger charge is -2.13. The van der Waals surface area contributed by atoms with Gasteiger partial charge in [-0.3, -0.25) is 4.72 Å². The number of halogens is 4. The van der Waals surface area contributed by atoms with Crippen LogP contribution < -0.4 is 14.2 Å². The molecular formula is C21H17F4NO4S. The van der Waals surface area contributed by atoms with Gasteiger partial charge in [0.2, 0.25) is 0 Å². The van der Waals surface area contributed by atoms with E-state index in [0.29, 0.717) is 28.7 Å². The van der Waals surface area contributed by atoms with Gasteiger partial charge in [0, 0.05) is 5.69 Å². The van der Waals surface area contributed by atoms with Crippen LogP contribution in [0.15, 0.2) is 65.6 Å². The molecule has 0 aliphatic carbocycles. The summed E-state index contributed by atoms with van der Waals surface area (Å²) < 4.78 is 90.1. The summed E-state index contributed by atoms with van der Waals surface area (Å²) in [7, 11) is -1.43. The number of sulfonamides is 1. The van der Waals surface area contributed by atoms with Crippen LogP contribution in [-0.2, 0) is 16.2 Å². The van der Waals surface area contributed by atoms with Gasteiger partial charge in [0.1, 0.15) is 5.82 Å². The fourth-order valence-electron chi connectivity index (χ4n) is 2.88. The summed E-state index contributed by atoms with van der Waals surface area (Å²) in [6, 6.07) is 12.9. The van der Waals surface area contributed by atoms with Gasteiger partial charge in [-0.2, -0.15) is 13.2 Å². The zero-order valence-electron chi connectivity index (χ0n) is 16.3. The normalized spacial score (nSPS) is 11.8. The first kappa shape index (κ1) is 22.4. The van der Waals surface area contributed by atoms with E-state index in [-0.39, 0.29) is 11.8 Å². The van der Waals surface area contributed by atoms with Gasteiger partial charge in [0.25, 0.3) is 10.0 Å². The van der Waals surface area contributed by atoms with E-state index in [4.69, 9.17) is 9.47 Å². The molecule has 0 aromatic heterocycles. The second-order valence-corrected chi connectivity index (χ2v) is 8.08. The average molecular weight is 455 g/mol. The third-order valence-electron chi connectivity index (χ3n) is 4.39. The van der Waals surface area contributed by atoms with Crippen LogP contribution >= 0.6 is 0 Å². The first-order valence-corrected chi connectivity index (χ1v) is 10.3. The monoisotopic (exact) mass is 455 g/mol. The smallest absolute Gasteiger partial charge is 0.419 e. The molecule has 3 aromatic rings. The molecule has 10 heteroatoms. The van der Waals surface area contributed by atoms with Gasteiger partial charge in [-0.1, -0.05) is 18.2 Å². The highest BCUT2D eigenvalue weighted by Gasteiger charge is 2.35. The van der Waals surface area contributed by atoms with Crippen LogP contribution in [0.4, 0.5) is 23.2 Å². The number of nitrogens with one attached hydrogen (secondary N) is 1. The minimum Gasteiger partial charge on any atom is -0.493 e. The summed E-state index contributed by atoms with van der Waals surface area (Å²) in [5.41, 5.74) is -0.226. The van der Waals surface area contributed by atoms with E-state index in [2.05, 4.69) is 4.72 Å². The highest BCUT2D eigenvalue weighted by atomic mass is 32.2. The highest BCUT2D eigenvalue weighted by molar-refractivity contribution is 7.92. The van der Waals surface area contributed by atoms with Crippen LogP contribution in [0.5, 0.6) is 11.5 Å². The fourth-order valence-corrected chi connectivity index (χ4v) is 3.96. The molecule has 0 amide bonds. The van der Waals surface area contributed by atoms with Crippen molar-refractivity contribution in [2.24, 2.45) is 0 Å². The molecule has 0 saturated heterocycles. The van der Waals surface area contributed by atoms with Crippen LogP contribution in [0.25, 0.3) is 11.1 Å². The predicted octanol–water partition coefficient (Wildman–Crippen LogP) is 5.33. The van der Waals surface area contributed by atoms with Crippen LogP contribution in [0.1, 0.15) is 5.56 Å². The zero-order chi connectivity index (χ0) is 22.8. The van der Waals surface area contributed by atoms with Gasteiger partial charge in [-0.05, 0) is 53.6 Å². The van der Waals surface area contributed by atoms with Crippen molar-refractivity contribution >= 4 is 15.7 Å². The maximum atomic E-state index is 13.5. The Morgan fingerprint density at radius 2 is 1.52 bits per heavy atom. The van der Waals surface area contributed by atoms with Crippen LogP contribution in [0.3, 0.4) is 0 Å². The predicted molar refractivity (Wildman–Crippen MR) is 107 cm³/mol. The number of anilines is 1. The van der Waals surface area contributed by atoms with E-state index < -0.39 is 32.5 Å². The van der Waals surface area contributed by atoms with Gasteiger partial charge < -0.3 is 9.47 Å². The van der Waals surface area contributed by atoms with Crippen molar-refractivity contribution in [1.82, 2.24) is 0 Å². The van der Waals surface area contributed by atoms with Gasteiger partial charge >= 0.3 is 6.18 Å². The molecule has 5 nitrogen and oxygen atoms in total. The molecular weight excluding hydrogens is 438 g/mol. The van der Waals surface area contributed by atoms with Crippen LogP contribution in [-0.4, -0.2) is 22.6 Å². The summed E-state index contributed by atoms with van der Waals surface area (Å²) in [6.07, 6.45) is -5.02. The molecule has 0 fully saturated rings. The molecule has 1 N–H and O–H groups in total. The van der Waals surface area contributed by atoms with Crippen molar-refractivity contribution in [3.05, 3.63) is 72.0 Å². The lowest BCUT2D eigenvalue weighted by Crippen LogP contribution is -2.15. The Balaban J connectivity index is 1.94. The van der Waals surface area contributed by atoms with E-state index >= 15 is 0 Å². The van der Waals surface area contributed by atoms with Crippen molar-refractivity contribution in [3.8, 4) is 22.6 Å². The minimum atomic E-state index is -5.02. The molecule has 0 bridgehead atoms. The number of benzene rings is 3. The quantitative estimate of drug-likeness (QED) is 0.511. The molecule has 0 atom stereocenters. The van der Waals surface area contributed by atoms with Gasteiger partial charge in [0.15, 0.2) is 11.5 Å². The van der Waals surface area contributed by atoms with E-state index in [1.807, 2.05) is 0 Å². The third kappa shape index (κ3) is 4.91. The first-order valence-electron chi connectivity index (χ1n) is 8.77. The summed E-state index contributed by atoms with van der Waals surface area (Å²) >= 11 is 0. The van der Waals surface area contributed by atoms with Gasteiger partial charge in [-0.25, -0.2) is 12.8 Å².